The summed E-state index contributed by atoms with van der Waals surface area (Å²) in [7, 11) is 1.88. The SMILES string of the molecule is CCN(CCc1nc2ccc(C)cc2[nH]1)C(=O)c1cc(-c2cnn(C)c2C)n[nH]1. The summed E-state index contributed by atoms with van der Waals surface area (Å²) in [5.41, 5.74) is 6.29. The van der Waals surface area contributed by atoms with Gasteiger partial charge in [0.25, 0.3) is 5.91 Å². The van der Waals surface area contributed by atoms with Crippen LogP contribution >= 0.6 is 0 Å². The third-order valence-corrected chi connectivity index (χ3v) is 5.29. The van der Waals surface area contributed by atoms with Gasteiger partial charge >= 0.3 is 0 Å². The van der Waals surface area contributed by atoms with Crippen LogP contribution in [0.5, 0.6) is 0 Å². The molecule has 4 rings (SSSR count). The molecule has 2 N–H and O–H groups in total. The molecule has 0 saturated heterocycles. The summed E-state index contributed by atoms with van der Waals surface area (Å²) in [5.74, 6) is 0.813. The van der Waals surface area contributed by atoms with Crippen molar-refractivity contribution in [1.82, 2.24) is 34.8 Å². The molecule has 3 aromatic heterocycles. The van der Waals surface area contributed by atoms with Crippen molar-refractivity contribution < 1.29 is 4.79 Å². The Hall–Kier alpha value is -3.42. The van der Waals surface area contributed by atoms with Crippen molar-refractivity contribution >= 4 is 16.9 Å². The van der Waals surface area contributed by atoms with E-state index in [2.05, 4.69) is 44.3 Å². The summed E-state index contributed by atoms with van der Waals surface area (Å²) in [6.45, 7) is 7.20. The Morgan fingerprint density at radius 2 is 2.07 bits per heavy atom. The number of aryl methyl sites for hydroxylation is 2. The lowest BCUT2D eigenvalue weighted by molar-refractivity contribution is 0.0759. The maximum atomic E-state index is 13.0. The molecular formula is C21H25N7O. The molecule has 4 aromatic rings. The number of rotatable bonds is 6. The van der Waals surface area contributed by atoms with Crippen LogP contribution in [0, 0.1) is 13.8 Å². The first-order valence-corrected chi connectivity index (χ1v) is 9.75. The highest BCUT2D eigenvalue weighted by molar-refractivity contribution is 5.93. The molecule has 0 aliphatic carbocycles. The minimum absolute atomic E-state index is 0.0697. The fourth-order valence-corrected chi connectivity index (χ4v) is 3.43. The highest BCUT2D eigenvalue weighted by atomic mass is 16.2. The Morgan fingerprint density at radius 3 is 2.79 bits per heavy atom. The van der Waals surface area contributed by atoms with E-state index in [0.29, 0.717) is 25.2 Å². The lowest BCUT2D eigenvalue weighted by Gasteiger charge is -2.19. The molecule has 29 heavy (non-hydrogen) atoms. The number of benzene rings is 1. The summed E-state index contributed by atoms with van der Waals surface area (Å²) < 4.78 is 1.79. The number of carbonyl (C=O) groups is 1. The Bertz CT molecular complexity index is 1170. The number of aromatic amines is 2. The number of amides is 1. The van der Waals surface area contributed by atoms with Crippen molar-refractivity contribution in [1.29, 1.82) is 0 Å². The number of nitrogens with zero attached hydrogens (tertiary/aromatic N) is 5. The normalized spacial score (nSPS) is 11.3. The Labute approximate surface area is 169 Å². The van der Waals surface area contributed by atoms with Crippen molar-refractivity contribution in [3.05, 3.63) is 53.2 Å². The molecule has 0 bridgehead atoms. The monoisotopic (exact) mass is 391 g/mol. The number of carbonyl (C=O) groups excluding carboxylic acids is 1. The Balaban J connectivity index is 1.47. The Morgan fingerprint density at radius 1 is 1.24 bits per heavy atom. The lowest BCUT2D eigenvalue weighted by atomic mass is 10.2. The molecule has 8 heteroatoms. The number of aromatic nitrogens is 6. The molecule has 1 amide bonds. The van der Waals surface area contributed by atoms with Crippen molar-refractivity contribution in [2.45, 2.75) is 27.2 Å². The zero-order valence-electron chi connectivity index (χ0n) is 17.2. The van der Waals surface area contributed by atoms with E-state index in [0.717, 1.165) is 33.8 Å². The van der Waals surface area contributed by atoms with Gasteiger partial charge in [0.2, 0.25) is 0 Å². The predicted molar refractivity (Wildman–Crippen MR) is 112 cm³/mol. The summed E-state index contributed by atoms with van der Waals surface area (Å²) in [6.07, 6.45) is 2.43. The molecule has 150 valence electrons. The van der Waals surface area contributed by atoms with E-state index in [4.69, 9.17) is 0 Å². The van der Waals surface area contributed by atoms with E-state index in [1.165, 1.54) is 5.56 Å². The summed E-state index contributed by atoms with van der Waals surface area (Å²) in [5, 5.41) is 11.4. The average Bonchev–Trinajstić information content (AvgIpc) is 3.41. The van der Waals surface area contributed by atoms with Crippen LogP contribution in [-0.2, 0) is 13.5 Å². The van der Waals surface area contributed by atoms with Crippen LogP contribution < -0.4 is 0 Å². The number of likely N-dealkylation sites (N-methyl/N-ethyl adjacent to an activating group) is 1. The van der Waals surface area contributed by atoms with E-state index in [1.807, 2.05) is 27.0 Å². The maximum Gasteiger partial charge on any atom is 0.271 e. The smallest absolute Gasteiger partial charge is 0.271 e. The van der Waals surface area contributed by atoms with Gasteiger partial charge in [0.15, 0.2) is 0 Å². The van der Waals surface area contributed by atoms with Crippen molar-refractivity contribution in [2.75, 3.05) is 13.1 Å². The van der Waals surface area contributed by atoms with Crippen LogP contribution in [0.15, 0.2) is 30.5 Å². The maximum absolute atomic E-state index is 13.0. The fraction of sp³-hybridized carbons (Fsp3) is 0.333. The minimum atomic E-state index is -0.0697. The number of fused-ring (bicyclic) bond motifs is 1. The molecule has 0 saturated carbocycles. The second kappa shape index (κ2) is 7.54. The number of imidazole rings is 1. The quantitative estimate of drug-likeness (QED) is 0.528. The molecule has 0 spiro atoms. The average molecular weight is 391 g/mol. The van der Waals surface area contributed by atoms with Crippen LogP contribution in [0.4, 0.5) is 0 Å². The number of nitrogens with one attached hydrogen (secondary N) is 2. The van der Waals surface area contributed by atoms with Crippen LogP contribution in [0.3, 0.4) is 0 Å². The molecule has 8 nitrogen and oxygen atoms in total. The van der Waals surface area contributed by atoms with Gasteiger partial charge in [-0.1, -0.05) is 6.07 Å². The van der Waals surface area contributed by atoms with Crippen molar-refractivity contribution in [2.24, 2.45) is 7.05 Å². The molecular weight excluding hydrogens is 366 g/mol. The van der Waals surface area contributed by atoms with Gasteiger partial charge in [-0.25, -0.2) is 4.98 Å². The van der Waals surface area contributed by atoms with Crippen LogP contribution in [0.25, 0.3) is 22.3 Å². The first kappa shape index (κ1) is 18.9. The van der Waals surface area contributed by atoms with E-state index < -0.39 is 0 Å². The minimum Gasteiger partial charge on any atom is -0.342 e. The third kappa shape index (κ3) is 3.65. The molecule has 0 unspecified atom stereocenters. The van der Waals surface area contributed by atoms with Gasteiger partial charge in [0.05, 0.1) is 22.9 Å². The first-order valence-electron chi connectivity index (χ1n) is 9.75. The van der Waals surface area contributed by atoms with E-state index in [9.17, 15) is 4.79 Å². The van der Waals surface area contributed by atoms with E-state index in [1.54, 1.807) is 21.8 Å². The van der Waals surface area contributed by atoms with Crippen LogP contribution in [0.1, 0.15) is 34.5 Å². The van der Waals surface area contributed by atoms with Gasteiger partial charge in [-0.2, -0.15) is 10.2 Å². The van der Waals surface area contributed by atoms with Gasteiger partial charge in [-0.15, -0.1) is 0 Å². The number of H-pyrrole nitrogens is 2. The second-order valence-corrected chi connectivity index (χ2v) is 7.27. The summed E-state index contributed by atoms with van der Waals surface area (Å²) in [6, 6.07) is 7.94. The molecule has 0 aliphatic heterocycles. The van der Waals surface area contributed by atoms with Gasteiger partial charge in [0, 0.05) is 37.8 Å². The van der Waals surface area contributed by atoms with Crippen molar-refractivity contribution in [3.8, 4) is 11.3 Å². The zero-order chi connectivity index (χ0) is 20.5. The lowest BCUT2D eigenvalue weighted by Crippen LogP contribution is -2.33. The molecule has 3 heterocycles. The van der Waals surface area contributed by atoms with Gasteiger partial charge in [-0.3, -0.25) is 14.6 Å². The van der Waals surface area contributed by atoms with Crippen molar-refractivity contribution in [3.63, 3.8) is 0 Å². The highest BCUT2D eigenvalue weighted by Gasteiger charge is 2.19. The van der Waals surface area contributed by atoms with Gasteiger partial charge in [-0.05, 0) is 44.5 Å². The number of hydrogen-bond acceptors (Lipinski definition) is 4. The standard InChI is InChI=1S/C21H25N7O/c1-5-28(9-8-20-23-16-7-6-13(2)10-18(16)24-20)21(29)19-11-17(25-26-19)15-12-22-27(4)14(15)3/h6-7,10-12H,5,8-9H2,1-4H3,(H,23,24)(H,25,26). The third-order valence-electron chi connectivity index (χ3n) is 5.29. The topological polar surface area (TPSA) is 95.5 Å². The molecule has 0 atom stereocenters. The predicted octanol–water partition coefficient (Wildman–Crippen LogP) is 3.01. The van der Waals surface area contributed by atoms with Gasteiger partial charge in [0.1, 0.15) is 11.5 Å². The zero-order valence-corrected chi connectivity index (χ0v) is 17.2. The largest absolute Gasteiger partial charge is 0.342 e. The molecule has 0 fully saturated rings. The van der Waals surface area contributed by atoms with Crippen LogP contribution in [0.2, 0.25) is 0 Å². The highest BCUT2D eigenvalue weighted by Crippen LogP contribution is 2.21. The van der Waals surface area contributed by atoms with Crippen LogP contribution in [-0.4, -0.2) is 53.8 Å². The second-order valence-electron chi connectivity index (χ2n) is 7.27. The Kier molecular flexibility index (Phi) is 4.92. The summed E-state index contributed by atoms with van der Waals surface area (Å²) in [4.78, 5) is 22.7. The molecule has 1 aromatic carbocycles. The summed E-state index contributed by atoms with van der Waals surface area (Å²) >= 11 is 0. The molecule has 0 radical (unpaired) electrons. The number of hydrogen-bond donors (Lipinski definition) is 2. The fourth-order valence-electron chi connectivity index (χ4n) is 3.43. The van der Waals surface area contributed by atoms with E-state index in [-0.39, 0.29) is 5.91 Å². The van der Waals surface area contributed by atoms with E-state index >= 15 is 0 Å². The first-order chi connectivity index (χ1) is 14.0. The van der Waals surface area contributed by atoms with Gasteiger partial charge < -0.3 is 9.88 Å². The molecule has 0 aliphatic rings.